The highest BCUT2D eigenvalue weighted by Gasteiger charge is 2.33. The van der Waals surface area contributed by atoms with Crippen LogP contribution in [-0.2, 0) is 10.0 Å². The van der Waals surface area contributed by atoms with Crippen molar-refractivity contribution in [1.29, 1.82) is 0 Å². The van der Waals surface area contributed by atoms with Crippen LogP contribution in [0, 0.1) is 0 Å². The van der Waals surface area contributed by atoms with Gasteiger partial charge in [-0.05, 0) is 57.0 Å². The highest BCUT2D eigenvalue weighted by molar-refractivity contribution is 7.89. The van der Waals surface area contributed by atoms with E-state index in [4.69, 9.17) is 9.72 Å². The Kier molecular flexibility index (Phi) is 6.00. The molecule has 2 heterocycles. The van der Waals surface area contributed by atoms with Crippen molar-refractivity contribution < 1.29 is 17.9 Å². The van der Waals surface area contributed by atoms with Gasteiger partial charge in [-0.25, -0.2) is 18.1 Å². The van der Waals surface area contributed by atoms with E-state index in [0.29, 0.717) is 12.1 Å². The second-order valence-corrected chi connectivity index (χ2v) is 10.6. The number of likely N-dealkylation sites (tertiary alicyclic amines) is 1. The smallest absolute Gasteiger partial charge is 0.254 e. The van der Waals surface area contributed by atoms with Crippen molar-refractivity contribution in [1.82, 2.24) is 14.6 Å². The molecule has 2 aromatic carbocycles. The van der Waals surface area contributed by atoms with E-state index in [1.807, 2.05) is 24.3 Å². The maximum Gasteiger partial charge on any atom is 0.254 e. The minimum Gasteiger partial charge on any atom is -0.495 e. The van der Waals surface area contributed by atoms with Crippen molar-refractivity contribution in [3.8, 4) is 5.75 Å². The van der Waals surface area contributed by atoms with Gasteiger partial charge >= 0.3 is 0 Å². The number of amides is 1. The minimum absolute atomic E-state index is 0.0368. The van der Waals surface area contributed by atoms with Crippen molar-refractivity contribution in [2.75, 3.05) is 13.7 Å². The molecule has 1 N–H and O–H groups in total. The molecule has 1 atom stereocenters. The molecule has 3 aromatic rings. The highest BCUT2D eigenvalue weighted by atomic mass is 32.2. The number of thiazole rings is 1. The number of methoxy groups -OCH3 is 1. The number of carbonyl (C=O) groups is 1. The van der Waals surface area contributed by atoms with E-state index < -0.39 is 10.0 Å². The van der Waals surface area contributed by atoms with Crippen LogP contribution in [-0.4, -0.2) is 43.9 Å². The number of carbonyl (C=O) groups excluding carboxylic acids is 1. The number of hydrogen-bond donors (Lipinski definition) is 1. The van der Waals surface area contributed by atoms with Crippen molar-refractivity contribution >= 4 is 37.5 Å². The quantitative estimate of drug-likeness (QED) is 0.603. The summed E-state index contributed by atoms with van der Waals surface area (Å²) in [6.07, 6.45) is 1.71. The molecule has 0 bridgehead atoms. The van der Waals surface area contributed by atoms with Crippen LogP contribution >= 0.6 is 11.3 Å². The van der Waals surface area contributed by atoms with Gasteiger partial charge in [-0.1, -0.05) is 12.1 Å². The van der Waals surface area contributed by atoms with Gasteiger partial charge in [-0.3, -0.25) is 4.79 Å². The lowest BCUT2D eigenvalue weighted by atomic mass is 10.1. The van der Waals surface area contributed by atoms with Crippen molar-refractivity contribution in [2.24, 2.45) is 0 Å². The van der Waals surface area contributed by atoms with Crippen LogP contribution in [0.15, 0.2) is 47.4 Å². The maximum absolute atomic E-state index is 13.4. The molecule has 7 nitrogen and oxygen atoms in total. The molecule has 0 aliphatic carbocycles. The first-order valence-corrected chi connectivity index (χ1v) is 12.5. The van der Waals surface area contributed by atoms with Crippen LogP contribution in [0.4, 0.5) is 0 Å². The Hall–Kier alpha value is -2.49. The molecule has 1 aliphatic heterocycles. The zero-order valence-electron chi connectivity index (χ0n) is 17.7. The van der Waals surface area contributed by atoms with E-state index in [9.17, 15) is 13.2 Å². The van der Waals surface area contributed by atoms with Crippen LogP contribution < -0.4 is 9.46 Å². The number of ether oxygens (including phenoxy) is 1. The summed E-state index contributed by atoms with van der Waals surface area (Å²) in [4.78, 5) is 19.9. The lowest BCUT2D eigenvalue weighted by Crippen LogP contribution is -2.32. The van der Waals surface area contributed by atoms with Gasteiger partial charge in [0.15, 0.2) is 0 Å². The SMILES string of the molecule is COc1ccc(C(=O)N2CCCC2c2nc3ccccc3s2)cc1S(=O)(=O)NC(C)C. The summed E-state index contributed by atoms with van der Waals surface area (Å²) in [5.74, 6) is -0.000693. The monoisotopic (exact) mass is 459 g/mol. The number of nitrogens with one attached hydrogen (secondary N) is 1. The topological polar surface area (TPSA) is 88.6 Å². The zero-order valence-corrected chi connectivity index (χ0v) is 19.3. The van der Waals surface area contributed by atoms with Crippen LogP contribution in [0.2, 0.25) is 0 Å². The van der Waals surface area contributed by atoms with Gasteiger partial charge < -0.3 is 9.64 Å². The highest BCUT2D eigenvalue weighted by Crippen LogP contribution is 2.37. The maximum atomic E-state index is 13.4. The van der Waals surface area contributed by atoms with Gasteiger partial charge in [0.1, 0.15) is 15.7 Å². The van der Waals surface area contributed by atoms with Crippen molar-refractivity contribution in [3.63, 3.8) is 0 Å². The molecule has 1 unspecified atom stereocenters. The van der Waals surface area contributed by atoms with Crippen LogP contribution in [0.5, 0.6) is 5.75 Å². The number of fused-ring (bicyclic) bond motifs is 1. The van der Waals surface area contributed by atoms with E-state index >= 15 is 0 Å². The van der Waals surface area contributed by atoms with E-state index in [-0.39, 0.29) is 28.6 Å². The third-order valence-corrected chi connectivity index (χ3v) is 8.02. The molecule has 4 rings (SSSR count). The first kappa shape index (κ1) is 21.7. The Morgan fingerprint density at radius 2 is 2.03 bits per heavy atom. The Bertz CT molecular complexity index is 1190. The Balaban J connectivity index is 1.67. The summed E-state index contributed by atoms with van der Waals surface area (Å²) in [6, 6.07) is 12.1. The molecule has 1 aromatic heterocycles. The van der Waals surface area contributed by atoms with Gasteiger partial charge in [0.25, 0.3) is 5.91 Å². The Labute approximate surface area is 186 Å². The molecular weight excluding hydrogens is 434 g/mol. The van der Waals surface area contributed by atoms with E-state index in [2.05, 4.69) is 4.72 Å². The minimum atomic E-state index is -3.82. The molecule has 0 spiro atoms. The molecule has 1 fully saturated rings. The summed E-state index contributed by atoms with van der Waals surface area (Å²) in [5, 5.41) is 0.912. The predicted molar refractivity (Wildman–Crippen MR) is 121 cm³/mol. The molecule has 0 radical (unpaired) electrons. The first-order valence-electron chi connectivity index (χ1n) is 10.2. The number of aromatic nitrogens is 1. The Morgan fingerprint density at radius 3 is 2.74 bits per heavy atom. The fourth-order valence-corrected chi connectivity index (χ4v) is 6.42. The zero-order chi connectivity index (χ0) is 22.2. The number of sulfonamides is 1. The molecule has 9 heteroatoms. The summed E-state index contributed by atoms with van der Waals surface area (Å²) in [5.41, 5.74) is 1.25. The first-order chi connectivity index (χ1) is 14.8. The van der Waals surface area contributed by atoms with E-state index in [1.165, 1.54) is 19.2 Å². The summed E-state index contributed by atoms with van der Waals surface area (Å²) in [7, 11) is -2.41. The number of benzene rings is 2. The molecule has 31 heavy (non-hydrogen) atoms. The average molecular weight is 460 g/mol. The molecule has 1 amide bonds. The largest absolute Gasteiger partial charge is 0.495 e. The van der Waals surface area contributed by atoms with Gasteiger partial charge in [0.2, 0.25) is 10.0 Å². The van der Waals surface area contributed by atoms with Crippen LogP contribution in [0.1, 0.15) is 48.1 Å². The van der Waals surface area contributed by atoms with Crippen molar-refractivity contribution in [2.45, 2.75) is 43.7 Å². The third kappa shape index (κ3) is 4.30. The number of nitrogens with zero attached hydrogens (tertiary/aromatic N) is 2. The van der Waals surface area contributed by atoms with Gasteiger partial charge in [-0.15, -0.1) is 11.3 Å². The summed E-state index contributed by atoms with van der Waals surface area (Å²) in [6.45, 7) is 4.09. The summed E-state index contributed by atoms with van der Waals surface area (Å²) >= 11 is 1.60. The number of hydrogen-bond acceptors (Lipinski definition) is 6. The van der Waals surface area contributed by atoms with E-state index in [0.717, 1.165) is 28.1 Å². The molecule has 164 valence electrons. The number of para-hydroxylation sites is 1. The lowest BCUT2D eigenvalue weighted by molar-refractivity contribution is 0.0735. The molecule has 0 saturated carbocycles. The Morgan fingerprint density at radius 1 is 1.26 bits per heavy atom. The normalized spacial score (nSPS) is 16.9. The summed E-state index contributed by atoms with van der Waals surface area (Å²) < 4.78 is 34.5. The van der Waals surface area contributed by atoms with Crippen LogP contribution in [0.25, 0.3) is 10.2 Å². The third-order valence-electron chi connectivity index (χ3n) is 5.20. The second-order valence-electron chi connectivity index (χ2n) is 7.82. The fraction of sp³-hybridized carbons (Fsp3) is 0.364. The number of rotatable bonds is 6. The van der Waals surface area contributed by atoms with Crippen molar-refractivity contribution in [3.05, 3.63) is 53.0 Å². The van der Waals surface area contributed by atoms with Gasteiger partial charge in [0, 0.05) is 18.2 Å². The second kappa shape index (κ2) is 8.57. The fourth-order valence-electron chi connectivity index (χ4n) is 3.86. The molecule has 1 aliphatic rings. The molecule has 1 saturated heterocycles. The predicted octanol–water partition coefficient (Wildman–Crippen LogP) is 3.97. The van der Waals surface area contributed by atoms with Gasteiger partial charge in [-0.2, -0.15) is 0 Å². The van der Waals surface area contributed by atoms with E-state index in [1.54, 1.807) is 36.2 Å². The standard InChI is InChI=1S/C22H25N3O4S2/c1-14(2)24-31(27,28)20-13-15(10-11-18(20)29-3)22(26)25-12-6-8-17(25)21-23-16-7-4-5-9-19(16)30-21/h4-5,7,9-11,13-14,17,24H,6,8,12H2,1-3H3. The lowest BCUT2D eigenvalue weighted by Gasteiger charge is -2.23. The van der Waals surface area contributed by atoms with Gasteiger partial charge in [0.05, 0.1) is 23.4 Å². The average Bonchev–Trinajstić information content (AvgIpc) is 3.38. The molecular formula is C22H25N3O4S2. The van der Waals surface area contributed by atoms with Crippen LogP contribution in [0.3, 0.4) is 0 Å².